The van der Waals surface area contributed by atoms with Crippen LogP contribution in [0.2, 0.25) is 0 Å². The summed E-state index contributed by atoms with van der Waals surface area (Å²) in [6, 6.07) is 0. The number of isocyanates is 2. The van der Waals surface area contributed by atoms with E-state index in [-0.39, 0.29) is 21.1 Å². The normalized spacial score (nSPS) is 2.29. The quantitative estimate of drug-likeness (QED) is 0.293. The smallest absolute Gasteiger partial charge is 0.724 e. The van der Waals surface area contributed by atoms with Crippen LogP contribution in [0.15, 0.2) is 0 Å². The molecule has 36 valence electrons. The molecule has 0 aromatic rings. The second-order valence-electron chi connectivity index (χ2n) is 0.183. The van der Waals surface area contributed by atoms with Gasteiger partial charge < -0.3 is 10.8 Å². The number of carbonyl (C=O) groups excluding carboxylic acids is 2. The van der Waals surface area contributed by atoms with Crippen LogP contribution in [0.3, 0.4) is 0 Å². The van der Waals surface area contributed by atoms with Crippen molar-refractivity contribution in [2.24, 2.45) is 0 Å². The van der Waals surface area contributed by atoms with Gasteiger partial charge in [0.2, 0.25) is 0 Å². The van der Waals surface area contributed by atoms with Gasteiger partial charge in [-0.2, -0.15) is 0 Å². The van der Waals surface area contributed by atoms with E-state index in [9.17, 15) is 0 Å². The van der Waals surface area contributed by atoms with Crippen LogP contribution in [0.5, 0.6) is 0 Å². The fraction of sp³-hybridized carbons (Fsp3) is 0. The molecule has 0 amide bonds. The van der Waals surface area contributed by atoms with Crippen molar-refractivity contribution in [3.63, 3.8) is 0 Å². The Bertz CT molecular complexity index is 67.7. The Morgan fingerprint density at radius 1 is 1.00 bits per heavy atom. The average molecular weight is 180 g/mol. The minimum atomic E-state index is 0. The van der Waals surface area contributed by atoms with Gasteiger partial charge in [0.15, 0.2) is 0 Å². The first-order chi connectivity index (χ1) is 2.83. The number of rotatable bonds is 0. The minimum absolute atomic E-state index is 0. The molecule has 4 nitrogen and oxygen atoms in total. The van der Waals surface area contributed by atoms with E-state index in [1.54, 1.807) is 0 Å². The van der Waals surface area contributed by atoms with Crippen LogP contribution in [-0.4, -0.2) is 12.2 Å². The molecule has 0 rings (SSSR count). The van der Waals surface area contributed by atoms with Gasteiger partial charge in [0.25, 0.3) is 0 Å². The van der Waals surface area contributed by atoms with Crippen LogP contribution in [0.1, 0.15) is 0 Å². The molecule has 0 bridgehead atoms. The summed E-state index contributed by atoms with van der Waals surface area (Å²) in [4.78, 5) is 16.5. The Morgan fingerprint density at radius 3 is 1.00 bits per heavy atom. The molecule has 0 spiro atoms. The molecule has 0 aliphatic heterocycles. The van der Waals surface area contributed by atoms with Gasteiger partial charge in [0.05, 0.1) is 0 Å². The third-order valence-corrected chi connectivity index (χ3v) is 0. The van der Waals surface area contributed by atoms with Gasteiger partial charge in [-0.3, -0.25) is 9.59 Å². The molecule has 0 N–H and O–H groups in total. The van der Waals surface area contributed by atoms with Crippen molar-refractivity contribution < 1.29 is 30.7 Å². The third kappa shape index (κ3) is 213. The van der Waals surface area contributed by atoms with Crippen molar-refractivity contribution in [3.05, 3.63) is 10.8 Å². The van der Waals surface area contributed by atoms with E-state index < -0.39 is 0 Å². The summed E-state index contributed by atoms with van der Waals surface area (Å²) in [5.74, 6) is 0. The summed E-state index contributed by atoms with van der Waals surface area (Å²) in [5, 5.41) is 13.5. The maximum Gasteiger partial charge on any atom is 2.00 e. The molecule has 0 unspecified atom stereocenters. The zero-order valence-corrected chi connectivity index (χ0v) is 5.13. The molecule has 7 heavy (non-hydrogen) atoms. The molecule has 0 fully saturated rings. The van der Waals surface area contributed by atoms with Gasteiger partial charge in [-0.1, -0.05) is 0 Å². The van der Waals surface area contributed by atoms with Crippen LogP contribution in [0.25, 0.3) is 10.8 Å². The average Bonchev–Trinajstić information content (AvgIpc) is 1.39. The second-order valence-corrected chi connectivity index (χ2v) is 0.183. The van der Waals surface area contributed by atoms with Gasteiger partial charge in [0, 0.05) is 0 Å². The minimum Gasteiger partial charge on any atom is -0.724 e. The molecule has 0 atom stereocenters. The first kappa shape index (κ1) is 16.1. The van der Waals surface area contributed by atoms with Crippen molar-refractivity contribution in [2.75, 3.05) is 0 Å². The SMILES string of the molecule is [Mo+2].[N-]=C=O.[N-]=C=O. The monoisotopic (exact) mass is 182 g/mol. The Morgan fingerprint density at radius 2 is 1.00 bits per heavy atom. The first-order valence-electron chi connectivity index (χ1n) is 0.855. The number of hydrogen-bond donors (Lipinski definition) is 0. The zero-order chi connectivity index (χ0) is 5.41. The van der Waals surface area contributed by atoms with Gasteiger partial charge >= 0.3 is 21.1 Å². The summed E-state index contributed by atoms with van der Waals surface area (Å²) >= 11 is 0. The standard InChI is InChI=1S/2CNO.Mo/c2*2-1-3;/q2*-1;+2. The van der Waals surface area contributed by atoms with E-state index in [1.165, 1.54) is 0 Å². The van der Waals surface area contributed by atoms with E-state index >= 15 is 0 Å². The topological polar surface area (TPSA) is 78.7 Å². The molecular weight excluding hydrogens is 180 g/mol. The molecule has 0 saturated heterocycles. The molecule has 0 heterocycles. The Kier molecular flexibility index (Phi) is 118. The summed E-state index contributed by atoms with van der Waals surface area (Å²) in [5.41, 5.74) is 0. The van der Waals surface area contributed by atoms with Crippen molar-refractivity contribution >= 4 is 12.2 Å². The van der Waals surface area contributed by atoms with Crippen LogP contribution < -0.4 is 0 Å². The fourth-order valence-electron chi connectivity index (χ4n) is 0. The van der Waals surface area contributed by atoms with Crippen molar-refractivity contribution in [1.29, 1.82) is 0 Å². The van der Waals surface area contributed by atoms with Gasteiger partial charge in [0.1, 0.15) is 0 Å². The van der Waals surface area contributed by atoms with E-state index in [0.717, 1.165) is 0 Å². The van der Waals surface area contributed by atoms with Crippen LogP contribution in [0, 0.1) is 0 Å². The maximum atomic E-state index is 8.24. The van der Waals surface area contributed by atoms with Crippen LogP contribution >= 0.6 is 0 Å². The molecule has 0 aromatic heterocycles. The number of hydrogen-bond acceptors (Lipinski definition) is 2. The molecule has 0 aliphatic rings. The summed E-state index contributed by atoms with van der Waals surface area (Å²) in [7, 11) is 0. The van der Waals surface area contributed by atoms with Crippen LogP contribution in [0.4, 0.5) is 0 Å². The van der Waals surface area contributed by atoms with Crippen molar-refractivity contribution in [2.45, 2.75) is 0 Å². The second kappa shape index (κ2) is 51.4. The Balaban J connectivity index is -0.0000000400. The summed E-state index contributed by atoms with van der Waals surface area (Å²) in [6.07, 6.45) is 1.00. The van der Waals surface area contributed by atoms with E-state index in [2.05, 4.69) is 0 Å². The number of nitrogens with zero attached hydrogens (tertiary/aromatic N) is 2. The zero-order valence-electron chi connectivity index (χ0n) is 3.12. The maximum absolute atomic E-state index is 8.24. The first-order valence-corrected chi connectivity index (χ1v) is 0.855. The largest absolute Gasteiger partial charge is 2.00 e. The Labute approximate surface area is 54.2 Å². The Hall–Kier alpha value is -0.552. The predicted octanol–water partition coefficient (Wildman–Crippen LogP) is -0.219. The van der Waals surface area contributed by atoms with Crippen molar-refractivity contribution in [1.82, 2.24) is 0 Å². The van der Waals surface area contributed by atoms with E-state index in [4.69, 9.17) is 20.4 Å². The predicted molar refractivity (Wildman–Crippen MR) is 18.1 cm³/mol. The molecular formula is C2MoN2O2. The molecule has 0 aromatic carbocycles. The van der Waals surface area contributed by atoms with Crippen LogP contribution in [-0.2, 0) is 30.7 Å². The van der Waals surface area contributed by atoms with Gasteiger partial charge in [-0.15, -0.1) is 0 Å². The van der Waals surface area contributed by atoms with E-state index in [0.29, 0.717) is 12.2 Å². The molecule has 0 radical (unpaired) electrons. The summed E-state index contributed by atoms with van der Waals surface area (Å²) in [6.45, 7) is 0. The molecule has 5 heteroatoms. The van der Waals surface area contributed by atoms with Gasteiger partial charge in [-0.25, -0.2) is 0 Å². The fourth-order valence-corrected chi connectivity index (χ4v) is 0. The molecule has 0 saturated carbocycles. The third-order valence-electron chi connectivity index (χ3n) is 0. The van der Waals surface area contributed by atoms with Gasteiger partial charge in [-0.05, 0) is 12.2 Å². The summed E-state index contributed by atoms with van der Waals surface area (Å²) < 4.78 is 0. The molecule has 0 aliphatic carbocycles. The van der Waals surface area contributed by atoms with Crippen molar-refractivity contribution in [3.8, 4) is 0 Å². The van der Waals surface area contributed by atoms with E-state index in [1.807, 2.05) is 0 Å².